The molecule has 1 aliphatic carbocycles. The number of quaternary nitrogens is 1. The number of benzene rings is 2. The quantitative estimate of drug-likeness (QED) is 0.749. The van der Waals surface area contributed by atoms with Crippen molar-refractivity contribution in [3.63, 3.8) is 0 Å². The molecule has 4 rings (SSSR count). The number of ether oxygens (including phenoxy) is 2. The van der Waals surface area contributed by atoms with Crippen LogP contribution in [0.4, 0.5) is 4.39 Å². The summed E-state index contributed by atoms with van der Waals surface area (Å²) < 4.78 is 24.3. The van der Waals surface area contributed by atoms with Gasteiger partial charge in [-0.3, -0.25) is 4.79 Å². The number of carbonyl (C=O) groups is 1. The van der Waals surface area contributed by atoms with E-state index in [-0.39, 0.29) is 23.7 Å². The molecule has 5 nitrogen and oxygen atoms in total. The molecule has 1 fully saturated rings. The average Bonchev–Trinajstić information content (AvgIpc) is 3.58. The number of methoxy groups -OCH3 is 2. The molecule has 2 atom stereocenters. The molecule has 0 spiro atoms. The molecule has 0 radical (unpaired) electrons. The minimum absolute atomic E-state index is 0.103. The van der Waals surface area contributed by atoms with Gasteiger partial charge < -0.3 is 19.7 Å². The summed E-state index contributed by atoms with van der Waals surface area (Å²) in [6.45, 7) is 2.29. The van der Waals surface area contributed by atoms with E-state index in [0.29, 0.717) is 12.3 Å². The van der Waals surface area contributed by atoms with Gasteiger partial charge in [0.15, 0.2) is 11.5 Å². The molecule has 0 bridgehead atoms. The van der Waals surface area contributed by atoms with Gasteiger partial charge in [-0.25, -0.2) is 4.39 Å². The van der Waals surface area contributed by atoms with Crippen LogP contribution in [0.2, 0.25) is 0 Å². The summed E-state index contributed by atoms with van der Waals surface area (Å²) in [4.78, 5) is 13.6. The Balaban J connectivity index is 1.61. The Morgan fingerprint density at radius 1 is 1.14 bits per heavy atom. The van der Waals surface area contributed by atoms with Gasteiger partial charge in [-0.15, -0.1) is 0 Å². The molecule has 1 unspecified atom stereocenters. The second kappa shape index (κ2) is 8.41. The van der Waals surface area contributed by atoms with Crippen molar-refractivity contribution in [3.8, 4) is 11.5 Å². The van der Waals surface area contributed by atoms with Gasteiger partial charge in [-0.05, 0) is 42.7 Å². The number of hydrogen-bond donors (Lipinski definition) is 2. The lowest BCUT2D eigenvalue weighted by molar-refractivity contribution is -0.945. The summed E-state index contributed by atoms with van der Waals surface area (Å²) >= 11 is 0. The third kappa shape index (κ3) is 4.37. The van der Waals surface area contributed by atoms with Crippen molar-refractivity contribution in [1.82, 2.24) is 5.32 Å². The van der Waals surface area contributed by atoms with Gasteiger partial charge in [-0.1, -0.05) is 12.1 Å². The third-order valence-corrected chi connectivity index (χ3v) is 6.00. The molecule has 0 aromatic heterocycles. The maximum Gasteiger partial charge on any atom is 0.223 e. The minimum atomic E-state index is -0.224. The number of fused-ring (bicyclic) bond motifs is 1. The lowest BCUT2D eigenvalue weighted by Gasteiger charge is -2.35. The molecule has 2 aliphatic rings. The van der Waals surface area contributed by atoms with Crippen LogP contribution in [-0.2, 0) is 17.8 Å². The molecule has 1 heterocycles. The van der Waals surface area contributed by atoms with E-state index in [0.717, 1.165) is 43.7 Å². The highest BCUT2D eigenvalue weighted by molar-refractivity contribution is 5.80. The van der Waals surface area contributed by atoms with Crippen molar-refractivity contribution in [1.29, 1.82) is 0 Å². The first kappa shape index (κ1) is 19.7. The van der Waals surface area contributed by atoms with Crippen molar-refractivity contribution in [2.24, 2.45) is 5.92 Å². The van der Waals surface area contributed by atoms with Crippen LogP contribution in [-0.4, -0.2) is 33.2 Å². The van der Waals surface area contributed by atoms with Gasteiger partial charge in [0.1, 0.15) is 18.4 Å². The van der Waals surface area contributed by atoms with Crippen molar-refractivity contribution in [2.75, 3.05) is 27.3 Å². The zero-order valence-electron chi connectivity index (χ0n) is 17.0. The second-order valence-electron chi connectivity index (χ2n) is 7.94. The van der Waals surface area contributed by atoms with Gasteiger partial charge in [0.25, 0.3) is 0 Å². The topological polar surface area (TPSA) is 52.0 Å². The Morgan fingerprint density at radius 3 is 2.48 bits per heavy atom. The Labute approximate surface area is 170 Å². The third-order valence-electron chi connectivity index (χ3n) is 6.00. The molecule has 2 aromatic carbocycles. The fourth-order valence-corrected chi connectivity index (χ4v) is 4.19. The first-order valence-electron chi connectivity index (χ1n) is 10.2. The molecule has 0 saturated heterocycles. The van der Waals surface area contributed by atoms with E-state index >= 15 is 0 Å². The molecule has 1 aliphatic heterocycles. The molecule has 154 valence electrons. The van der Waals surface area contributed by atoms with E-state index in [2.05, 4.69) is 11.4 Å². The fraction of sp³-hybridized carbons (Fsp3) is 0.435. The summed E-state index contributed by atoms with van der Waals surface area (Å²) in [5.74, 6) is 1.54. The normalized spacial score (nSPS) is 20.7. The van der Waals surface area contributed by atoms with Gasteiger partial charge in [-0.2, -0.15) is 0 Å². The number of carbonyl (C=O) groups excluding carboxylic acids is 1. The van der Waals surface area contributed by atoms with E-state index in [1.807, 2.05) is 18.2 Å². The maximum absolute atomic E-state index is 13.3. The predicted octanol–water partition coefficient (Wildman–Crippen LogP) is 2.05. The molecular weight excluding hydrogens is 371 g/mol. The van der Waals surface area contributed by atoms with Crippen molar-refractivity contribution in [3.05, 3.63) is 58.9 Å². The van der Waals surface area contributed by atoms with Gasteiger partial charge >= 0.3 is 0 Å². The Kier molecular flexibility index (Phi) is 5.72. The van der Waals surface area contributed by atoms with Crippen molar-refractivity contribution < 1.29 is 23.6 Å². The monoisotopic (exact) mass is 399 g/mol. The summed E-state index contributed by atoms with van der Waals surface area (Å²) in [5.41, 5.74) is 3.50. The zero-order valence-corrected chi connectivity index (χ0v) is 17.0. The predicted molar refractivity (Wildman–Crippen MR) is 108 cm³/mol. The van der Waals surface area contributed by atoms with Crippen LogP contribution in [0.25, 0.3) is 0 Å². The highest BCUT2D eigenvalue weighted by Crippen LogP contribution is 2.34. The summed E-state index contributed by atoms with van der Waals surface area (Å²) in [7, 11) is 3.28. The van der Waals surface area contributed by atoms with Gasteiger partial charge in [0.2, 0.25) is 5.91 Å². The first-order valence-corrected chi connectivity index (χ1v) is 10.2. The van der Waals surface area contributed by atoms with E-state index in [9.17, 15) is 9.18 Å². The van der Waals surface area contributed by atoms with Crippen LogP contribution >= 0.6 is 0 Å². The SMILES string of the molecule is COc1cc2c(cc1OC)[C@H](CNC(=O)C1CC1)[NH+](Cc1ccc(F)cc1)CC2. The molecular formula is C23H28FN2O3+. The van der Waals surface area contributed by atoms with E-state index in [1.54, 1.807) is 14.2 Å². The van der Waals surface area contributed by atoms with Crippen molar-refractivity contribution >= 4 is 5.91 Å². The van der Waals surface area contributed by atoms with Crippen molar-refractivity contribution in [2.45, 2.75) is 31.8 Å². The molecule has 1 saturated carbocycles. The molecule has 29 heavy (non-hydrogen) atoms. The lowest BCUT2D eigenvalue weighted by Crippen LogP contribution is -3.12. The summed E-state index contributed by atoms with van der Waals surface area (Å²) in [6.07, 6.45) is 2.90. The number of halogens is 1. The second-order valence-corrected chi connectivity index (χ2v) is 7.94. The Hall–Kier alpha value is -2.60. The number of hydrogen-bond acceptors (Lipinski definition) is 3. The van der Waals surface area contributed by atoms with Crippen LogP contribution in [0.5, 0.6) is 11.5 Å². The number of amides is 1. The van der Waals surface area contributed by atoms with Crippen LogP contribution in [0.3, 0.4) is 0 Å². The maximum atomic E-state index is 13.3. The van der Waals surface area contributed by atoms with E-state index in [1.165, 1.54) is 28.2 Å². The molecule has 2 N–H and O–H groups in total. The molecule has 1 amide bonds. The Morgan fingerprint density at radius 2 is 1.83 bits per heavy atom. The fourth-order valence-electron chi connectivity index (χ4n) is 4.19. The van der Waals surface area contributed by atoms with E-state index in [4.69, 9.17) is 9.47 Å². The smallest absolute Gasteiger partial charge is 0.223 e. The van der Waals surface area contributed by atoms with Gasteiger partial charge in [0, 0.05) is 23.5 Å². The van der Waals surface area contributed by atoms with Gasteiger partial charge in [0.05, 0.1) is 27.3 Å². The Bertz CT molecular complexity index is 880. The zero-order chi connectivity index (χ0) is 20.4. The lowest BCUT2D eigenvalue weighted by atomic mass is 9.91. The molecule has 6 heteroatoms. The van der Waals surface area contributed by atoms with Crippen LogP contribution in [0, 0.1) is 11.7 Å². The summed E-state index contributed by atoms with van der Waals surface area (Å²) in [6, 6.07) is 10.9. The van der Waals surface area contributed by atoms with Crippen LogP contribution < -0.4 is 19.7 Å². The first-order chi connectivity index (χ1) is 14.1. The van der Waals surface area contributed by atoms with E-state index < -0.39 is 0 Å². The summed E-state index contributed by atoms with van der Waals surface area (Å²) in [5, 5.41) is 3.15. The average molecular weight is 399 g/mol. The van der Waals surface area contributed by atoms with Crippen LogP contribution in [0.15, 0.2) is 36.4 Å². The largest absolute Gasteiger partial charge is 0.493 e. The minimum Gasteiger partial charge on any atom is -0.493 e. The van der Waals surface area contributed by atoms with Crippen LogP contribution in [0.1, 0.15) is 35.6 Å². The number of rotatable bonds is 7. The standard InChI is InChI=1S/C23H27FN2O3/c1-28-21-11-17-9-10-26(14-15-3-7-18(24)8-4-15)20(19(17)12-22(21)29-2)13-25-23(27)16-5-6-16/h3-4,7-8,11-12,16,20H,5-6,9-10,13-14H2,1-2H3,(H,25,27)/p+1/t20-/m0/s1. The molecule has 2 aromatic rings. The highest BCUT2D eigenvalue weighted by Gasteiger charge is 2.35. The highest BCUT2D eigenvalue weighted by atomic mass is 19.1. The number of nitrogens with one attached hydrogen (secondary N) is 2.